The van der Waals surface area contributed by atoms with Gasteiger partial charge in [0.05, 0.1) is 6.61 Å². The van der Waals surface area contributed by atoms with Crippen molar-refractivity contribution in [1.29, 1.82) is 0 Å². The molecule has 0 saturated heterocycles. The average Bonchev–Trinajstić information content (AvgIpc) is 2.73. The second-order valence-corrected chi connectivity index (χ2v) is 8.89. The smallest absolute Gasteiger partial charge is 0.119 e. The number of unbranched alkanes of at least 4 members (excludes halogenated alkanes) is 5. The summed E-state index contributed by atoms with van der Waals surface area (Å²) in [5.41, 5.74) is 1.48. The standard InChI is InChI=1S/C27H44O/c1-4-7-8-9-10-11-22-28-26-20-18-25(19-21-26)27(13-6-3)24-16-14-23(12-5-2)15-17-24/h6,18-21,23-24,27H,3-5,7-17,22H2,1-2H3. The zero-order chi connectivity index (χ0) is 20.0. The molecule has 28 heavy (non-hydrogen) atoms. The Kier molecular flexibility index (Phi) is 11.4. The number of ether oxygens (including phenoxy) is 1. The first kappa shape index (κ1) is 23.0. The Labute approximate surface area is 175 Å². The summed E-state index contributed by atoms with van der Waals surface area (Å²) in [6, 6.07) is 8.99. The molecule has 158 valence electrons. The van der Waals surface area contributed by atoms with Crippen molar-refractivity contribution >= 4 is 0 Å². The summed E-state index contributed by atoms with van der Waals surface area (Å²) >= 11 is 0. The molecule has 1 fully saturated rings. The molecule has 2 rings (SSSR count). The summed E-state index contributed by atoms with van der Waals surface area (Å²) in [6.07, 6.45) is 19.5. The third-order valence-corrected chi connectivity index (χ3v) is 6.65. The molecule has 1 atom stereocenters. The van der Waals surface area contributed by atoms with Crippen molar-refractivity contribution in [1.82, 2.24) is 0 Å². The molecule has 1 aromatic rings. The van der Waals surface area contributed by atoms with Crippen molar-refractivity contribution in [2.75, 3.05) is 6.61 Å². The van der Waals surface area contributed by atoms with Gasteiger partial charge in [-0.25, -0.2) is 0 Å². The lowest BCUT2D eigenvalue weighted by Gasteiger charge is -2.34. The van der Waals surface area contributed by atoms with Gasteiger partial charge in [0.2, 0.25) is 0 Å². The molecule has 0 aliphatic heterocycles. The quantitative estimate of drug-likeness (QED) is 0.230. The van der Waals surface area contributed by atoms with Gasteiger partial charge in [-0.15, -0.1) is 6.58 Å². The van der Waals surface area contributed by atoms with Crippen LogP contribution in [0, 0.1) is 11.8 Å². The van der Waals surface area contributed by atoms with Crippen LogP contribution in [0.1, 0.15) is 109 Å². The molecule has 1 aliphatic carbocycles. The summed E-state index contributed by atoms with van der Waals surface area (Å²) in [5.74, 6) is 3.46. The number of allylic oxidation sites excluding steroid dienone is 1. The van der Waals surface area contributed by atoms with Crippen LogP contribution in [-0.4, -0.2) is 6.61 Å². The van der Waals surface area contributed by atoms with E-state index in [-0.39, 0.29) is 0 Å². The van der Waals surface area contributed by atoms with Gasteiger partial charge in [0.15, 0.2) is 0 Å². The minimum atomic E-state index is 0.632. The van der Waals surface area contributed by atoms with Gasteiger partial charge >= 0.3 is 0 Å². The molecule has 1 unspecified atom stereocenters. The fourth-order valence-corrected chi connectivity index (χ4v) is 4.95. The van der Waals surface area contributed by atoms with E-state index in [0.717, 1.165) is 30.6 Å². The normalized spacial score (nSPS) is 20.6. The van der Waals surface area contributed by atoms with Crippen molar-refractivity contribution in [3.63, 3.8) is 0 Å². The predicted molar refractivity (Wildman–Crippen MR) is 123 cm³/mol. The molecule has 0 heterocycles. The molecule has 0 N–H and O–H groups in total. The Balaban J connectivity index is 1.79. The molecule has 1 nitrogen and oxygen atoms in total. The highest BCUT2D eigenvalue weighted by atomic mass is 16.5. The SMILES string of the molecule is C=CCC(c1ccc(OCCCCCCCC)cc1)C1CCC(CCC)CC1. The van der Waals surface area contributed by atoms with E-state index in [1.54, 1.807) is 0 Å². The summed E-state index contributed by atoms with van der Waals surface area (Å²) in [5, 5.41) is 0. The third-order valence-electron chi connectivity index (χ3n) is 6.65. The van der Waals surface area contributed by atoms with Gasteiger partial charge < -0.3 is 4.74 Å². The highest BCUT2D eigenvalue weighted by molar-refractivity contribution is 5.30. The third kappa shape index (κ3) is 8.02. The first-order valence-electron chi connectivity index (χ1n) is 12.1. The summed E-state index contributed by atoms with van der Waals surface area (Å²) < 4.78 is 5.97. The van der Waals surface area contributed by atoms with Crippen molar-refractivity contribution in [3.8, 4) is 5.75 Å². The fraction of sp³-hybridized carbons (Fsp3) is 0.704. The lowest BCUT2D eigenvalue weighted by Crippen LogP contribution is -2.20. The largest absolute Gasteiger partial charge is 0.494 e. The van der Waals surface area contributed by atoms with E-state index in [2.05, 4.69) is 50.8 Å². The Hall–Kier alpha value is -1.24. The van der Waals surface area contributed by atoms with E-state index in [9.17, 15) is 0 Å². The van der Waals surface area contributed by atoms with Crippen LogP contribution in [-0.2, 0) is 0 Å². The number of benzene rings is 1. The first-order chi connectivity index (χ1) is 13.8. The van der Waals surface area contributed by atoms with Gasteiger partial charge in [-0.3, -0.25) is 0 Å². The second kappa shape index (κ2) is 13.9. The summed E-state index contributed by atoms with van der Waals surface area (Å²) in [7, 11) is 0. The van der Waals surface area contributed by atoms with Crippen LogP contribution >= 0.6 is 0 Å². The average molecular weight is 385 g/mol. The molecule has 0 spiro atoms. The topological polar surface area (TPSA) is 9.23 Å². The molecule has 0 bridgehead atoms. The summed E-state index contributed by atoms with van der Waals surface area (Å²) in [4.78, 5) is 0. The zero-order valence-electron chi connectivity index (χ0n) is 18.6. The molecule has 1 aromatic carbocycles. The Morgan fingerprint density at radius 3 is 2.25 bits per heavy atom. The Bertz CT molecular complexity index is 510. The fourth-order valence-electron chi connectivity index (χ4n) is 4.95. The molecule has 1 heteroatoms. The van der Waals surface area contributed by atoms with E-state index in [4.69, 9.17) is 4.74 Å². The van der Waals surface area contributed by atoms with Crippen LogP contribution in [0.25, 0.3) is 0 Å². The number of hydrogen-bond acceptors (Lipinski definition) is 1. The zero-order valence-corrected chi connectivity index (χ0v) is 18.6. The van der Waals surface area contributed by atoms with E-state index < -0.39 is 0 Å². The van der Waals surface area contributed by atoms with E-state index >= 15 is 0 Å². The predicted octanol–water partition coefficient (Wildman–Crippen LogP) is 8.69. The van der Waals surface area contributed by atoms with Gasteiger partial charge in [0.1, 0.15) is 5.75 Å². The second-order valence-electron chi connectivity index (χ2n) is 8.89. The monoisotopic (exact) mass is 384 g/mol. The van der Waals surface area contributed by atoms with Crippen LogP contribution in [0.4, 0.5) is 0 Å². The van der Waals surface area contributed by atoms with Gasteiger partial charge in [-0.2, -0.15) is 0 Å². The molecule has 0 radical (unpaired) electrons. The lowest BCUT2D eigenvalue weighted by atomic mass is 9.71. The van der Waals surface area contributed by atoms with Crippen molar-refractivity contribution in [2.45, 2.75) is 103 Å². The van der Waals surface area contributed by atoms with Gasteiger partial charge in [0, 0.05) is 0 Å². The number of rotatable bonds is 14. The van der Waals surface area contributed by atoms with E-state index in [1.165, 1.54) is 82.6 Å². The van der Waals surface area contributed by atoms with Crippen molar-refractivity contribution in [3.05, 3.63) is 42.5 Å². The van der Waals surface area contributed by atoms with E-state index in [1.807, 2.05) is 0 Å². The highest BCUT2D eigenvalue weighted by Gasteiger charge is 2.27. The number of hydrogen-bond donors (Lipinski definition) is 0. The minimum absolute atomic E-state index is 0.632. The molecular weight excluding hydrogens is 340 g/mol. The Morgan fingerprint density at radius 1 is 0.929 bits per heavy atom. The maximum atomic E-state index is 5.97. The van der Waals surface area contributed by atoms with Crippen LogP contribution < -0.4 is 4.74 Å². The molecule has 1 aliphatic rings. The molecule has 0 aromatic heterocycles. The van der Waals surface area contributed by atoms with Crippen molar-refractivity contribution in [2.24, 2.45) is 11.8 Å². The molecular formula is C27H44O. The molecule has 0 amide bonds. The maximum Gasteiger partial charge on any atom is 0.119 e. The van der Waals surface area contributed by atoms with Crippen LogP contribution in [0.15, 0.2) is 36.9 Å². The summed E-state index contributed by atoms with van der Waals surface area (Å²) in [6.45, 7) is 9.47. The Morgan fingerprint density at radius 2 is 1.61 bits per heavy atom. The lowest BCUT2D eigenvalue weighted by molar-refractivity contribution is 0.232. The molecule has 1 saturated carbocycles. The maximum absolute atomic E-state index is 5.97. The van der Waals surface area contributed by atoms with Crippen molar-refractivity contribution < 1.29 is 4.74 Å². The van der Waals surface area contributed by atoms with Crippen LogP contribution in [0.3, 0.4) is 0 Å². The van der Waals surface area contributed by atoms with Gasteiger partial charge in [-0.1, -0.05) is 89.8 Å². The first-order valence-corrected chi connectivity index (χ1v) is 12.1. The van der Waals surface area contributed by atoms with Crippen LogP contribution in [0.2, 0.25) is 0 Å². The highest BCUT2D eigenvalue weighted by Crippen LogP contribution is 2.41. The van der Waals surface area contributed by atoms with Crippen LogP contribution in [0.5, 0.6) is 5.75 Å². The van der Waals surface area contributed by atoms with Gasteiger partial charge in [0.25, 0.3) is 0 Å². The van der Waals surface area contributed by atoms with E-state index in [0.29, 0.717) is 5.92 Å². The van der Waals surface area contributed by atoms with Gasteiger partial charge in [-0.05, 0) is 61.1 Å². The minimum Gasteiger partial charge on any atom is -0.494 e.